The van der Waals surface area contributed by atoms with Crippen molar-refractivity contribution in [1.29, 1.82) is 5.41 Å². The minimum absolute atomic E-state index is 0.00169. The van der Waals surface area contributed by atoms with Crippen molar-refractivity contribution in [3.63, 3.8) is 0 Å². The van der Waals surface area contributed by atoms with Gasteiger partial charge in [-0.25, -0.2) is 4.98 Å². The molecule has 2 heterocycles. The number of hydrogen-bond acceptors (Lipinski definition) is 6. The van der Waals surface area contributed by atoms with Crippen LogP contribution in [0.25, 0.3) is 0 Å². The summed E-state index contributed by atoms with van der Waals surface area (Å²) in [6, 6.07) is 4.02. The third-order valence-corrected chi connectivity index (χ3v) is 5.11. The Hall–Kier alpha value is -3.40. The van der Waals surface area contributed by atoms with E-state index >= 15 is 0 Å². The van der Waals surface area contributed by atoms with E-state index in [2.05, 4.69) is 20.8 Å². The van der Waals surface area contributed by atoms with Crippen molar-refractivity contribution in [3.8, 4) is 0 Å². The lowest BCUT2D eigenvalue weighted by atomic mass is 10.1. The number of aryl methyl sites for hydroxylation is 2. The first kappa shape index (κ1) is 23.3. The molecule has 0 spiro atoms. The summed E-state index contributed by atoms with van der Waals surface area (Å²) in [6.45, 7) is 5.39. The number of pyridine rings is 1. The van der Waals surface area contributed by atoms with Gasteiger partial charge in [0, 0.05) is 29.7 Å². The van der Waals surface area contributed by atoms with Crippen LogP contribution in [-0.2, 0) is 12.7 Å². The monoisotopic (exact) mass is 465 g/mol. The lowest BCUT2D eigenvalue weighted by Crippen LogP contribution is -2.16. The van der Waals surface area contributed by atoms with Gasteiger partial charge in [0.2, 0.25) is 0 Å². The van der Waals surface area contributed by atoms with Gasteiger partial charge in [-0.3, -0.25) is 4.79 Å². The number of carbonyl (C=O) groups is 1. The molecule has 0 aliphatic carbocycles. The van der Waals surface area contributed by atoms with Gasteiger partial charge in [0.1, 0.15) is 11.6 Å². The zero-order chi connectivity index (χ0) is 23.6. The van der Waals surface area contributed by atoms with Gasteiger partial charge >= 0.3 is 6.18 Å². The van der Waals surface area contributed by atoms with Crippen LogP contribution >= 0.6 is 11.6 Å². The summed E-state index contributed by atoms with van der Waals surface area (Å²) in [4.78, 5) is 16.9. The number of aromatic nitrogens is 2. The van der Waals surface area contributed by atoms with Gasteiger partial charge in [0.25, 0.3) is 5.91 Å². The van der Waals surface area contributed by atoms with Crippen molar-refractivity contribution >= 4 is 34.7 Å². The molecule has 3 aromatic rings. The van der Waals surface area contributed by atoms with E-state index in [-0.39, 0.29) is 27.5 Å². The summed E-state index contributed by atoms with van der Waals surface area (Å²) in [5.41, 5.74) is 1.17. The van der Waals surface area contributed by atoms with E-state index in [0.29, 0.717) is 23.8 Å². The highest BCUT2D eigenvalue weighted by molar-refractivity contribution is 6.38. The smallest absolute Gasteiger partial charge is 0.365 e. The first-order valence-corrected chi connectivity index (χ1v) is 9.75. The molecule has 0 aliphatic rings. The standard InChI is InChI=1S/C21H19ClF3N5O2/c1-10(26)17-18(22)16(9-28-19(17)27-8-15-11(2)30-32-12(15)3)20(31)29-14-6-4-13(5-7-14)21(23,24)25/h4-7,9,26H,8H2,1-3H3,(H,27,28)(H,29,31). The Morgan fingerprint density at radius 1 is 1.22 bits per heavy atom. The van der Waals surface area contributed by atoms with E-state index < -0.39 is 17.6 Å². The first-order chi connectivity index (χ1) is 15.0. The molecule has 3 rings (SSSR count). The fraction of sp³-hybridized carbons (Fsp3) is 0.238. The molecular weight excluding hydrogens is 447 g/mol. The average molecular weight is 466 g/mol. The molecule has 32 heavy (non-hydrogen) atoms. The maximum Gasteiger partial charge on any atom is 0.416 e. The normalized spacial score (nSPS) is 11.3. The SMILES string of the molecule is CC(=N)c1c(NCc2c(C)noc2C)ncc(C(=O)Nc2ccc(C(F)(F)F)cc2)c1Cl. The van der Waals surface area contributed by atoms with E-state index in [1.807, 2.05) is 0 Å². The van der Waals surface area contributed by atoms with E-state index in [4.69, 9.17) is 21.5 Å². The molecule has 0 aliphatic heterocycles. The van der Waals surface area contributed by atoms with Crippen molar-refractivity contribution in [3.05, 3.63) is 69.2 Å². The number of rotatable bonds is 6. The van der Waals surface area contributed by atoms with Crippen LogP contribution in [-0.4, -0.2) is 21.8 Å². The number of halogens is 4. The van der Waals surface area contributed by atoms with Gasteiger partial charge < -0.3 is 20.6 Å². The Morgan fingerprint density at radius 3 is 2.41 bits per heavy atom. The molecule has 0 radical (unpaired) electrons. The van der Waals surface area contributed by atoms with E-state index in [0.717, 1.165) is 29.8 Å². The van der Waals surface area contributed by atoms with Crippen molar-refractivity contribution in [1.82, 2.24) is 10.1 Å². The Balaban J connectivity index is 1.83. The number of nitrogens with zero attached hydrogens (tertiary/aromatic N) is 2. The third-order valence-electron chi connectivity index (χ3n) is 4.72. The van der Waals surface area contributed by atoms with Crippen LogP contribution < -0.4 is 10.6 Å². The third kappa shape index (κ3) is 4.91. The summed E-state index contributed by atoms with van der Waals surface area (Å²) in [5.74, 6) is 0.275. The molecule has 168 valence electrons. The summed E-state index contributed by atoms with van der Waals surface area (Å²) in [6.07, 6.45) is -3.23. The van der Waals surface area contributed by atoms with Crippen LogP contribution in [0.5, 0.6) is 0 Å². The van der Waals surface area contributed by atoms with Gasteiger partial charge in [-0.05, 0) is 45.0 Å². The van der Waals surface area contributed by atoms with Gasteiger partial charge in [-0.2, -0.15) is 13.2 Å². The average Bonchev–Trinajstić information content (AvgIpc) is 3.03. The highest BCUT2D eigenvalue weighted by Crippen LogP contribution is 2.31. The summed E-state index contributed by atoms with van der Waals surface area (Å²) >= 11 is 6.42. The number of amides is 1. The van der Waals surface area contributed by atoms with Gasteiger partial charge in [-0.1, -0.05) is 16.8 Å². The molecule has 0 unspecified atom stereocenters. The number of carbonyl (C=O) groups excluding carboxylic acids is 1. The zero-order valence-corrected chi connectivity index (χ0v) is 18.1. The van der Waals surface area contributed by atoms with Crippen molar-refractivity contribution in [2.75, 3.05) is 10.6 Å². The molecule has 0 saturated carbocycles. The molecular formula is C21H19ClF3N5O2. The molecule has 0 saturated heterocycles. The second-order valence-corrected chi connectivity index (χ2v) is 7.40. The molecule has 0 fully saturated rings. The Labute approximate surface area is 186 Å². The largest absolute Gasteiger partial charge is 0.416 e. The molecule has 11 heteroatoms. The molecule has 0 bridgehead atoms. The lowest BCUT2D eigenvalue weighted by molar-refractivity contribution is -0.137. The van der Waals surface area contributed by atoms with Crippen LogP contribution in [0.2, 0.25) is 5.02 Å². The number of nitrogens with one attached hydrogen (secondary N) is 3. The molecule has 7 nitrogen and oxygen atoms in total. The van der Waals surface area contributed by atoms with Gasteiger partial charge in [0.05, 0.1) is 27.4 Å². The number of anilines is 2. The highest BCUT2D eigenvalue weighted by atomic mass is 35.5. The highest BCUT2D eigenvalue weighted by Gasteiger charge is 2.30. The molecule has 1 amide bonds. The van der Waals surface area contributed by atoms with E-state index in [1.165, 1.54) is 13.1 Å². The fourth-order valence-electron chi connectivity index (χ4n) is 2.99. The maximum atomic E-state index is 12.7. The lowest BCUT2D eigenvalue weighted by Gasteiger charge is -2.15. The van der Waals surface area contributed by atoms with E-state index in [1.54, 1.807) is 13.8 Å². The number of alkyl halides is 3. The van der Waals surface area contributed by atoms with Gasteiger partial charge in [-0.15, -0.1) is 0 Å². The second kappa shape index (κ2) is 8.99. The zero-order valence-electron chi connectivity index (χ0n) is 17.3. The number of benzene rings is 1. The predicted octanol–water partition coefficient (Wildman–Crippen LogP) is 5.61. The van der Waals surface area contributed by atoms with Crippen molar-refractivity contribution < 1.29 is 22.5 Å². The minimum atomic E-state index is -4.47. The van der Waals surface area contributed by atoms with Crippen molar-refractivity contribution in [2.24, 2.45) is 0 Å². The first-order valence-electron chi connectivity index (χ1n) is 9.37. The van der Waals surface area contributed by atoms with Crippen LogP contribution in [0.3, 0.4) is 0 Å². The summed E-state index contributed by atoms with van der Waals surface area (Å²) in [5, 5.41) is 17.5. The molecule has 3 N–H and O–H groups in total. The number of hydrogen-bond donors (Lipinski definition) is 3. The Morgan fingerprint density at radius 2 is 1.88 bits per heavy atom. The maximum absolute atomic E-state index is 12.7. The molecule has 0 atom stereocenters. The van der Waals surface area contributed by atoms with Crippen LogP contribution in [0.4, 0.5) is 24.7 Å². The summed E-state index contributed by atoms with van der Waals surface area (Å²) < 4.78 is 43.2. The topological polar surface area (TPSA) is 104 Å². The van der Waals surface area contributed by atoms with Crippen LogP contribution in [0.15, 0.2) is 35.0 Å². The summed E-state index contributed by atoms with van der Waals surface area (Å²) in [7, 11) is 0. The fourth-order valence-corrected chi connectivity index (χ4v) is 3.36. The van der Waals surface area contributed by atoms with E-state index in [9.17, 15) is 18.0 Å². The predicted molar refractivity (Wildman–Crippen MR) is 114 cm³/mol. The molecule has 2 aromatic heterocycles. The van der Waals surface area contributed by atoms with Crippen LogP contribution in [0.1, 0.15) is 45.4 Å². The van der Waals surface area contributed by atoms with Crippen molar-refractivity contribution in [2.45, 2.75) is 33.5 Å². The molecule has 1 aromatic carbocycles. The Bertz CT molecular complexity index is 1150. The Kier molecular flexibility index (Phi) is 6.54. The van der Waals surface area contributed by atoms with Gasteiger partial charge in [0.15, 0.2) is 0 Å². The minimum Gasteiger partial charge on any atom is -0.365 e. The second-order valence-electron chi connectivity index (χ2n) is 7.02. The quantitative estimate of drug-likeness (QED) is 0.410. The van der Waals surface area contributed by atoms with Crippen LogP contribution in [0, 0.1) is 19.3 Å².